The van der Waals surface area contributed by atoms with E-state index in [9.17, 15) is 0 Å². The van der Waals surface area contributed by atoms with Crippen molar-refractivity contribution in [2.45, 2.75) is 51.0 Å². The molecule has 0 aromatic heterocycles. The molecule has 1 saturated heterocycles. The SMILES string of the molecule is C1CCC(CNCC2CCCC2)NC1. The summed E-state index contributed by atoms with van der Waals surface area (Å²) in [6.45, 7) is 3.68. The lowest BCUT2D eigenvalue weighted by molar-refractivity contribution is 0.370. The van der Waals surface area contributed by atoms with Crippen LogP contribution in [0.4, 0.5) is 0 Å². The van der Waals surface area contributed by atoms with Crippen LogP contribution in [0.5, 0.6) is 0 Å². The quantitative estimate of drug-likeness (QED) is 0.717. The van der Waals surface area contributed by atoms with Crippen molar-refractivity contribution in [2.75, 3.05) is 19.6 Å². The van der Waals surface area contributed by atoms with Crippen LogP contribution in [0.2, 0.25) is 0 Å². The second kappa shape index (κ2) is 5.72. The molecule has 2 nitrogen and oxygen atoms in total. The normalized spacial score (nSPS) is 29.6. The lowest BCUT2D eigenvalue weighted by Crippen LogP contribution is -2.42. The third-order valence-electron chi connectivity index (χ3n) is 3.71. The fraction of sp³-hybridized carbons (Fsp3) is 1.00. The summed E-state index contributed by atoms with van der Waals surface area (Å²) in [5.41, 5.74) is 0. The Kier molecular flexibility index (Phi) is 4.26. The van der Waals surface area contributed by atoms with E-state index in [0.717, 1.165) is 12.0 Å². The van der Waals surface area contributed by atoms with Crippen molar-refractivity contribution in [2.24, 2.45) is 5.92 Å². The smallest absolute Gasteiger partial charge is 0.0192 e. The van der Waals surface area contributed by atoms with Gasteiger partial charge in [-0.15, -0.1) is 0 Å². The maximum absolute atomic E-state index is 3.63. The first-order valence-corrected chi connectivity index (χ1v) is 6.39. The van der Waals surface area contributed by atoms with Gasteiger partial charge in [-0.05, 0) is 44.7 Å². The second-order valence-corrected chi connectivity index (χ2v) is 4.96. The summed E-state index contributed by atoms with van der Waals surface area (Å²) in [7, 11) is 0. The molecular weight excluding hydrogens is 172 g/mol. The van der Waals surface area contributed by atoms with E-state index < -0.39 is 0 Å². The van der Waals surface area contributed by atoms with Gasteiger partial charge in [0.2, 0.25) is 0 Å². The Morgan fingerprint density at radius 3 is 2.43 bits per heavy atom. The van der Waals surface area contributed by atoms with Crippen LogP contribution in [-0.4, -0.2) is 25.7 Å². The highest BCUT2D eigenvalue weighted by Crippen LogP contribution is 2.23. The van der Waals surface area contributed by atoms with Crippen molar-refractivity contribution in [3.05, 3.63) is 0 Å². The molecule has 82 valence electrons. The number of hydrogen-bond donors (Lipinski definition) is 2. The Labute approximate surface area is 87.8 Å². The van der Waals surface area contributed by atoms with Crippen LogP contribution in [0.15, 0.2) is 0 Å². The number of hydrogen-bond acceptors (Lipinski definition) is 2. The molecule has 2 rings (SSSR count). The molecular formula is C12H24N2. The van der Waals surface area contributed by atoms with Crippen molar-refractivity contribution in [3.8, 4) is 0 Å². The van der Waals surface area contributed by atoms with Crippen molar-refractivity contribution in [1.29, 1.82) is 0 Å². The topological polar surface area (TPSA) is 24.1 Å². The maximum Gasteiger partial charge on any atom is 0.0192 e. The first-order valence-electron chi connectivity index (χ1n) is 6.39. The second-order valence-electron chi connectivity index (χ2n) is 4.96. The third-order valence-corrected chi connectivity index (χ3v) is 3.71. The number of piperidine rings is 1. The number of nitrogens with one attached hydrogen (secondary N) is 2. The fourth-order valence-corrected chi connectivity index (χ4v) is 2.77. The van der Waals surface area contributed by atoms with Crippen molar-refractivity contribution >= 4 is 0 Å². The van der Waals surface area contributed by atoms with Gasteiger partial charge in [-0.25, -0.2) is 0 Å². The summed E-state index contributed by atoms with van der Waals surface area (Å²) in [4.78, 5) is 0. The van der Waals surface area contributed by atoms with Gasteiger partial charge in [0.05, 0.1) is 0 Å². The summed E-state index contributed by atoms with van der Waals surface area (Å²) in [6.07, 6.45) is 10.0. The molecule has 1 atom stereocenters. The molecule has 0 bridgehead atoms. The van der Waals surface area contributed by atoms with Crippen LogP contribution in [-0.2, 0) is 0 Å². The van der Waals surface area contributed by atoms with E-state index in [0.29, 0.717) is 0 Å². The zero-order chi connectivity index (χ0) is 9.64. The van der Waals surface area contributed by atoms with Gasteiger partial charge in [0.1, 0.15) is 0 Å². The molecule has 1 aliphatic carbocycles. The monoisotopic (exact) mass is 196 g/mol. The minimum absolute atomic E-state index is 0.755. The van der Waals surface area contributed by atoms with Gasteiger partial charge < -0.3 is 10.6 Å². The highest BCUT2D eigenvalue weighted by molar-refractivity contribution is 4.76. The predicted molar refractivity (Wildman–Crippen MR) is 60.5 cm³/mol. The van der Waals surface area contributed by atoms with Gasteiger partial charge in [0, 0.05) is 12.6 Å². The predicted octanol–water partition coefficient (Wildman–Crippen LogP) is 1.91. The summed E-state index contributed by atoms with van der Waals surface area (Å²) < 4.78 is 0. The van der Waals surface area contributed by atoms with E-state index in [4.69, 9.17) is 0 Å². The average Bonchev–Trinajstić information content (AvgIpc) is 2.72. The lowest BCUT2D eigenvalue weighted by Gasteiger charge is -2.24. The van der Waals surface area contributed by atoms with Crippen LogP contribution < -0.4 is 10.6 Å². The molecule has 1 saturated carbocycles. The molecule has 1 heterocycles. The molecule has 0 amide bonds. The molecule has 14 heavy (non-hydrogen) atoms. The minimum Gasteiger partial charge on any atom is -0.315 e. The molecule has 0 spiro atoms. The first kappa shape index (κ1) is 10.4. The van der Waals surface area contributed by atoms with E-state index in [1.807, 2.05) is 0 Å². The van der Waals surface area contributed by atoms with Gasteiger partial charge in [-0.3, -0.25) is 0 Å². The van der Waals surface area contributed by atoms with Crippen LogP contribution >= 0.6 is 0 Å². The molecule has 0 aromatic rings. The van der Waals surface area contributed by atoms with Gasteiger partial charge in [0.15, 0.2) is 0 Å². The molecule has 2 N–H and O–H groups in total. The lowest BCUT2D eigenvalue weighted by atomic mass is 10.0. The van der Waals surface area contributed by atoms with Gasteiger partial charge >= 0.3 is 0 Å². The van der Waals surface area contributed by atoms with E-state index in [1.165, 1.54) is 64.6 Å². The van der Waals surface area contributed by atoms with Crippen LogP contribution in [0.1, 0.15) is 44.9 Å². The molecule has 2 aliphatic rings. The average molecular weight is 196 g/mol. The highest BCUT2D eigenvalue weighted by atomic mass is 15.0. The van der Waals surface area contributed by atoms with Gasteiger partial charge in [0.25, 0.3) is 0 Å². The number of rotatable bonds is 4. The van der Waals surface area contributed by atoms with Gasteiger partial charge in [-0.2, -0.15) is 0 Å². The molecule has 2 fully saturated rings. The Hall–Kier alpha value is -0.0800. The van der Waals surface area contributed by atoms with Crippen molar-refractivity contribution < 1.29 is 0 Å². The Morgan fingerprint density at radius 2 is 1.71 bits per heavy atom. The standard InChI is InChI=1S/C12H24N2/c1-2-6-11(5-1)9-13-10-12-7-3-4-8-14-12/h11-14H,1-10H2. The van der Waals surface area contributed by atoms with Crippen LogP contribution in [0, 0.1) is 5.92 Å². The molecule has 2 heteroatoms. The fourth-order valence-electron chi connectivity index (χ4n) is 2.77. The summed E-state index contributed by atoms with van der Waals surface area (Å²) in [5, 5.41) is 7.22. The first-order chi connectivity index (χ1) is 6.95. The van der Waals surface area contributed by atoms with E-state index >= 15 is 0 Å². The van der Waals surface area contributed by atoms with Crippen molar-refractivity contribution in [3.63, 3.8) is 0 Å². The highest BCUT2D eigenvalue weighted by Gasteiger charge is 2.16. The summed E-state index contributed by atoms with van der Waals surface area (Å²) in [5.74, 6) is 0.985. The van der Waals surface area contributed by atoms with E-state index in [1.54, 1.807) is 0 Å². The molecule has 0 radical (unpaired) electrons. The summed E-state index contributed by atoms with van der Waals surface area (Å²) >= 11 is 0. The Bertz CT molecular complexity index is 146. The molecule has 0 aromatic carbocycles. The Morgan fingerprint density at radius 1 is 0.929 bits per heavy atom. The molecule has 1 aliphatic heterocycles. The minimum atomic E-state index is 0.755. The zero-order valence-corrected chi connectivity index (χ0v) is 9.23. The van der Waals surface area contributed by atoms with Crippen LogP contribution in [0.25, 0.3) is 0 Å². The largest absolute Gasteiger partial charge is 0.315 e. The zero-order valence-electron chi connectivity index (χ0n) is 9.23. The van der Waals surface area contributed by atoms with Crippen molar-refractivity contribution in [1.82, 2.24) is 10.6 Å². The third kappa shape index (κ3) is 3.25. The van der Waals surface area contributed by atoms with E-state index in [-0.39, 0.29) is 0 Å². The van der Waals surface area contributed by atoms with Crippen LogP contribution in [0.3, 0.4) is 0 Å². The maximum atomic E-state index is 3.63. The van der Waals surface area contributed by atoms with E-state index in [2.05, 4.69) is 10.6 Å². The molecule has 1 unspecified atom stereocenters. The summed E-state index contributed by atoms with van der Waals surface area (Å²) in [6, 6.07) is 0.755. The van der Waals surface area contributed by atoms with Gasteiger partial charge in [-0.1, -0.05) is 19.3 Å². The Balaban J connectivity index is 1.52.